The summed E-state index contributed by atoms with van der Waals surface area (Å²) in [6, 6.07) is 0.661. The molecule has 1 aliphatic carbocycles. The van der Waals surface area contributed by atoms with Crippen LogP contribution in [-0.4, -0.2) is 22.6 Å². The van der Waals surface area contributed by atoms with Crippen molar-refractivity contribution in [3.05, 3.63) is 18.2 Å². The highest BCUT2D eigenvalue weighted by molar-refractivity contribution is 4.93. The molecule has 1 aromatic rings. The average molecular weight is 277 g/mol. The van der Waals surface area contributed by atoms with Gasteiger partial charge in [0.05, 0.1) is 0 Å². The van der Waals surface area contributed by atoms with E-state index >= 15 is 0 Å². The zero-order valence-corrected chi connectivity index (χ0v) is 13.4. The summed E-state index contributed by atoms with van der Waals surface area (Å²) in [7, 11) is 4.22. The molecule has 0 bridgehead atoms. The van der Waals surface area contributed by atoms with Crippen molar-refractivity contribution in [2.24, 2.45) is 18.9 Å². The molecule has 3 nitrogen and oxygen atoms in total. The van der Waals surface area contributed by atoms with Gasteiger partial charge in [0.2, 0.25) is 0 Å². The van der Waals surface area contributed by atoms with Gasteiger partial charge < -0.3 is 9.88 Å². The number of imidazole rings is 1. The average Bonchev–Trinajstić information content (AvgIpc) is 2.87. The lowest BCUT2D eigenvalue weighted by Crippen LogP contribution is -2.36. The van der Waals surface area contributed by atoms with Gasteiger partial charge >= 0.3 is 0 Å². The van der Waals surface area contributed by atoms with Gasteiger partial charge in [-0.15, -0.1) is 0 Å². The highest BCUT2D eigenvalue weighted by Crippen LogP contribution is 2.34. The highest BCUT2D eigenvalue weighted by atomic mass is 15.0. The molecule has 0 aromatic carbocycles. The van der Waals surface area contributed by atoms with E-state index < -0.39 is 0 Å². The quantitative estimate of drug-likeness (QED) is 0.826. The van der Waals surface area contributed by atoms with Crippen LogP contribution in [0.25, 0.3) is 0 Å². The third-order valence-corrected chi connectivity index (χ3v) is 5.13. The first-order valence-electron chi connectivity index (χ1n) is 8.38. The zero-order chi connectivity index (χ0) is 14.4. The summed E-state index contributed by atoms with van der Waals surface area (Å²) in [6.07, 6.45) is 14.7. The van der Waals surface area contributed by atoms with E-state index in [1.807, 2.05) is 12.4 Å². The third-order valence-electron chi connectivity index (χ3n) is 5.13. The zero-order valence-electron chi connectivity index (χ0n) is 13.4. The third kappa shape index (κ3) is 4.08. The van der Waals surface area contributed by atoms with Gasteiger partial charge in [0.1, 0.15) is 5.82 Å². The maximum Gasteiger partial charge on any atom is 0.108 e. The van der Waals surface area contributed by atoms with Gasteiger partial charge in [0, 0.05) is 31.9 Å². The van der Waals surface area contributed by atoms with E-state index in [0.717, 1.165) is 18.3 Å². The van der Waals surface area contributed by atoms with Gasteiger partial charge in [0.25, 0.3) is 0 Å². The van der Waals surface area contributed by atoms with E-state index in [1.54, 1.807) is 0 Å². The molecular weight excluding hydrogens is 246 g/mol. The molecule has 3 heteroatoms. The SMILES string of the molecule is CCCC1CCC(C(CCc2nccn2C)NC)CC1. The Morgan fingerprint density at radius 2 is 2.10 bits per heavy atom. The largest absolute Gasteiger partial charge is 0.338 e. The number of hydrogen-bond acceptors (Lipinski definition) is 2. The van der Waals surface area contributed by atoms with Crippen LogP contribution in [0.15, 0.2) is 12.4 Å². The minimum atomic E-state index is 0.661. The van der Waals surface area contributed by atoms with Gasteiger partial charge in [-0.3, -0.25) is 0 Å². The monoisotopic (exact) mass is 277 g/mol. The van der Waals surface area contributed by atoms with Gasteiger partial charge in [-0.2, -0.15) is 0 Å². The molecule has 0 saturated heterocycles. The second kappa shape index (κ2) is 7.82. The molecule has 20 heavy (non-hydrogen) atoms. The first-order chi connectivity index (χ1) is 9.74. The Bertz CT molecular complexity index is 377. The molecule has 1 saturated carbocycles. The molecule has 114 valence electrons. The van der Waals surface area contributed by atoms with E-state index in [1.165, 1.54) is 50.8 Å². The van der Waals surface area contributed by atoms with Crippen LogP contribution in [0.1, 0.15) is 57.7 Å². The first kappa shape index (κ1) is 15.6. The highest BCUT2D eigenvalue weighted by Gasteiger charge is 2.26. The van der Waals surface area contributed by atoms with Crippen LogP contribution >= 0.6 is 0 Å². The van der Waals surface area contributed by atoms with Crippen LogP contribution in [-0.2, 0) is 13.5 Å². The Morgan fingerprint density at radius 3 is 2.65 bits per heavy atom. The van der Waals surface area contributed by atoms with Crippen molar-refractivity contribution in [3.8, 4) is 0 Å². The Kier molecular flexibility index (Phi) is 6.08. The second-order valence-corrected chi connectivity index (χ2v) is 6.46. The lowest BCUT2D eigenvalue weighted by Gasteiger charge is -2.34. The molecule has 0 radical (unpaired) electrons. The van der Waals surface area contributed by atoms with Gasteiger partial charge in [-0.05, 0) is 38.1 Å². The Labute approximate surface area is 124 Å². The van der Waals surface area contributed by atoms with Crippen molar-refractivity contribution in [2.45, 2.75) is 64.3 Å². The predicted molar refractivity (Wildman–Crippen MR) is 84.7 cm³/mol. The van der Waals surface area contributed by atoms with E-state index in [9.17, 15) is 0 Å². The fraction of sp³-hybridized carbons (Fsp3) is 0.824. The van der Waals surface area contributed by atoms with Crippen LogP contribution in [0.5, 0.6) is 0 Å². The van der Waals surface area contributed by atoms with Crippen molar-refractivity contribution in [1.29, 1.82) is 0 Å². The lowest BCUT2D eigenvalue weighted by molar-refractivity contribution is 0.212. The van der Waals surface area contributed by atoms with Gasteiger partial charge in [-0.25, -0.2) is 4.98 Å². The van der Waals surface area contributed by atoms with E-state index in [0.29, 0.717) is 6.04 Å². The first-order valence-corrected chi connectivity index (χ1v) is 8.38. The smallest absolute Gasteiger partial charge is 0.108 e. The van der Waals surface area contributed by atoms with E-state index in [4.69, 9.17) is 0 Å². The predicted octanol–water partition coefficient (Wildman–Crippen LogP) is 3.55. The normalized spacial score (nSPS) is 24.8. The summed E-state index contributed by atoms with van der Waals surface area (Å²) in [5.41, 5.74) is 0. The summed E-state index contributed by atoms with van der Waals surface area (Å²) < 4.78 is 2.14. The maximum atomic E-state index is 4.44. The fourth-order valence-corrected chi connectivity index (χ4v) is 3.83. The van der Waals surface area contributed by atoms with Crippen molar-refractivity contribution in [3.63, 3.8) is 0 Å². The molecule has 1 unspecified atom stereocenters. The number of aryl methyl sites for hydroxylation is 2. The minimum Gasteiger partial charge on any atom is -0.338 e. The summed E-state index contributed by atoms with van der Waals surface area (Å²) in [5.74, 6) is 3.08. The number of rotatable bonds is 7. The molecule has 1 heterocycles. The fourth-order valence-electron chi connectivity index (χ4n) is 3.83. The number of nitrogens with zero attached hydrogens (tertiary/aromatic N) is 2. The summed E-state index contributed by atoms with van der Waals surface area (Å²) in [5, 5.41) is 3.56. The molecule has 1 fully saturated rings. The standard InChI is InChI=1S/C17H31N3/c1-4-5-14-6-8-15(9-7-14)16(18-2)10-11-17-19-12-13-20(17)3/h12-16,18H,4-11H2,1-3H3. The second-order valence-electron chi connectivity index (χ2n) is 6.46. The number of aromatic nitrogens is 2. The van der Waals surface area contributed by atoms with Crippen LogP contribution in [0.3, 0.4) is 0 Å². The van der Waals surface area contributed by atoms with Gasteiger partial charge in [0.15, 0.2) is 0 Å². The number of nitrogens with one attached hydrogen (secondary N) is 1. The molecular formula is C17H31N3. The molecule has 1 N–H and O–H groups in total. The van der Waals surface area contributed by atoms with E-state index in [-0.39, 0.29) is 0 Å². The van der Waals surface area contributed by atoms with Crippen molar-refractivity contribution in [2.75, 3.05) is 7.05 Å². The summed E-state index contributed by atoms with van der Waals surface area (Å²) in [4.78, 5) is 4.44. The summed E-state index contributed by atoms with van der Waals surface area (Å²) in [6.45, 7) is 2.31. The van der Waals surface area contributed by atoms with Gasteiger partial charge in [-0.1, -0.05) is 32.6 Å². The van der Waals surface area contributed by atoms with Crippen LogP contribution < -0.4 is 5.32 Å². The molecule has 2 rings (SSSR count). The van der Waals surface area contributed by atoms with Crippen molar-refractivity contribution >= 4 is 0 Å². The maximum absolute atomic E-state index is 4.44. The van der Waals surface area contributed by atoms with Crippen LogP contribution in [0.2, 0.25) is 0 Å². The minimum absolute atomic E-state index is 0.661. The number of hydrogen-bond donors (Lipinski definition) is 1. The molecule has 1 aromatic heterocycles. The van der Waals surface area contributed by atoms with Crippen molar-refractivity contribution < 1.29 is 0 Å². The molecule has 0 amide bonds. The van der Waals surface area contributed by atoms with Crippen LogP contribution in [0.4, 0.5) is 0 Å². The molecule has 1 atom stereocenters. The van der Waals surface area contributed by atoms with Crippen molar-refractivity contribution in [1.82, 2.24) is 14.9 Å². The lowest BCUT2D eigenvalue weighted by atomic mass is 9.76. The Balaban J connectivity index is 1.79. The van der Waals surface area contributed by atoms with Crippen LogP contribution in [0, 0.1) is 11.8 Å². The Hall–Kier alpha value is -0.830. The Morgan fingerprint density at radius 1 is 1.35 bits per heavy atom. The van der Waals surface area contributed by atoms with E-state index in [2.05, 4.69) is 35.9 Å². The summed E-state index contributed by atoms with van der Waals surface area (Å²) >= 11 is 0. The molecule has 0 spiro atoms. The molecule has 0 aliphatic heterocycles. The molecule has 1 aliphatic rings. The topological polar surface area (TPSA) is 29.9 Å².